The van der Waals surface area contributed by atoms with Crippen molar-refractivity contribution in [3.8, 4) is 23.0 Å². The Labute approximate surface area is 244 Å². The zero-order chi connectivity index (χ0) is 30.7. The van der Waals surface area contributed by atoms with Gasteiger partial charge in [-0.3, -0.25) is 14.6 Å². The molecule has 1 unspecified atom stereocenters. The molecule has 11 nitrogen and oxygen atoms in total. The Morgan fingerprint density at radius 3 is 2.37 bits per heavy atom. The van der Waals surface area contributed by atoms with E-state index in [1.54, 1.807) is 18.2 Å². The third-order valence-electron chi connectivity index (χ3n) is 6.78. The van der Waals surface area contributed by atoms with Gasteiger partial charge in [0.1, 0.15) is 17.5 Å². The summed E-state index contributed by atoms with van der Waals surface area (Å²) in [5.74, 6) is -3.37. The zero-order valence-corrected chi connectivity index (χ0v) is 23.0. The number of carbonyl (C=O) groups excluding carboxylic acids is 3. The summed E-state index contributed by atoms with van der Waals surface area (Å²) in [7, 11) is 2.98. The molecule has 3 aromatic carbocycles. The molecule has 4 amide bonds. The minimum Gasteiger partial charge on any atom is -0.493 e. The average Bonchev–Trinajstić information content (AvgIpc) is 3.00. The number of fused-ring (bicyclic) bond motifs is 1. The van der Waals surface area contributed by atoms with Gasteiger partial charge in [-0.05, 0) is 48.5 Å². The van der Waals surface area contributed by atoms with E-state index < -0.39 is 42.0 Å². The van der Waals surface area contributed by atoms with Gasteiger partial charge in [-0.2, -0.15) is 0 Å². The van der Waals surface area contributed by atoms with E-state index in [2.05, 4.69) is 10.3 Å². The first-order chi connectivity index (χ1) is 20.7. The van der Waals surface area contributed by atoms with Crippen LogP contribution in [-0.2, 0) is 9.59 Å². The van der Waals surface area contributed by atoms with Crippen LogP contribution in [0.5, 0.6) is 23.0 Å². The molecule has 0 saturated carbocycles. The van der Waals surface area contributed by atoms with Gasteiger partial charge in [0.05, 0.1) is 32.0 Å². The van der Waals surface area contributed by atoms with Crippen molar-refractivity contribution >= 4 is 40.1 Å². The second-order valence-electron chi connectivity index (χ2n) is 9.42. The number of aliphatic hydroxyl groups excluding tert-OH is 1. The number of urea groups is 1. The van der Waals surface area contributed by atoms with Crippen molar-refractivity contribution in [2.75, 3.05) is 44.1 Å². The molecule has 0 radical (unpaired) electrons. The second kappa shape index (κ2) is 12.3. The van der Waals surface area contributed by atoms with E-state index in [1.165, 1.54) is 44.7 Å². The lowest BCUT2D eigenvalue weighted by Gasteiger charge is -2.37. The number of nitrogens with zero attached hydrogens (tertiary/aromatic N) is 3. The van der Waals surface area contributed by atoms with Crippen LogP contribution in [0.4, 0.5) is 25.0 Å². The van der Waals surface area contributed by atoms with Crippen molar-refractivity contribution in [2.24, 2.45) is 5.92 Å². The molecular weight excluding hydrogens is 566 g/mol. The van der Waals surface area contributed by atoms with E-state index in [9.17, 15) is 23.9 Å². The van der Waals surface area contributed by atoms with Gasteiger partial charge in [0.25, 0.3) is 0 Å². The molecule has 1 saturated heterocycles. The summed E-state index contributed by atoms with van der Waals surface area (Å²) < 4.78 is 45.1. The number of hydrogen-bond acceptors (Lipinski definition) is 8. The molecule has 5 rings (SSSR count). The molecule has 222 valence electrons. The molecule has 13 heteroatoms. The largest absolute Gasteiger partial charge is 0.493 e. The molecule has 4 aromatic rings. The Bertz CT molecular complexity index is 1700. The van der Waals surface area contributed by atoms with Gasteiger partial charge in [-0.1, -0.05) is 0 Å². The first kappa shape index (κ1) is 29.2. The SMILES string of the molecule is COc1cc2nccc(Oc3ccc(NC(=O)C4CN(CCO)C(=O)N(c5ccc(F)cc5)C4=O)cc3F)c2cc1OC. The lowest BCUT2D eigenvalue weighted by molar-refractivity contribution is -0.132. The Morgan fingerprint density at radius 2 is 1.70 bits per heavy atom. The smallest absolute Gasteiger partial charge is 0.331 e. The van der Waals surface area contributed by atoms with Gasteiger partial charge in [0.15, 0.2) is 23.1 Å². The number of β-amino-alcohol motifs (C(OH)–C–C–N with tert-alkyl or cyclic N) is 1. The molecule has 0 spiro atoms. The molecule has 2 heterocycles. The summed E-state index contributed by atoms with van der Waals surface area (Å²) >= 11 is 0. The van der Waals surface area contributed by atoms with Crippen molar-refractivity contribution in [3.63, 3.8) is 0 Å². The molecule has 1 aliphatic rings. The van der Waals surface area contributed by atoms with Crippen LogP contribution in [0.1, 0.15) is 0 Å². The number of pyridine rings is 1. The fourth-order valence-corrected chi connectivity index (χ4v) is 4.64. The third-order valence-corrected chi connectivity index (χ3v) is 6.78. The topological polar surface area (TPSA) is 131 Å². The maximum Gasteiger partial charge on any atom is 0.331 e. The molecule has 1 aliphatic heterocycles. The number of methoxy groups -OCH3 is 2. The number of anilines is 2. The van der Waals surface area contributed by atoms with Crippen LogP contribution in [0.25, 0.3) is 10.9 Å². The lowest BCUT2D eigenvalue weighted by atomic mass is 10.0. The second-order valence-corrected chi connectivity index (χ2v) is 9.42. The highest BCUT2D eigenvalue weighted by atomic mass is 19.1. The average molecular weight is 593 g/mol. The summed E-state index contributed by atoms with van der Waals surface area (Å²) in [4.78, 5) is 45.6. The summed E-state index contributed by atoms with van der Waals surface area (Å²) in [6, 6.07) is 12.5. The number of imide groups is 1. The first-order valence-electron chi connectivity index (χ1n) is 13.0. The van der Waals surface area contributed by atoms with E-state index in [0.29, 0.717) is 28.2 Å². The molecule has 1 atom stereocenters. The van der Waals surface area contributed by atoms with Crippen molar-refractivity contribution in [2.45, 2.75) is 0 Å². The first-order valence-corrected chi connectivity index (χ1v) is 13.0. The van der Waals surface area contributed by atoms with E-state index in [4.69, 9.17) is 14.2 Å². The number of halogens is 2. The fraction of sp³-hybridized carbons (Fsp3) is 0.200. The number of carbonyl (C=O) groups is 3. The van der Waals surface area contributed by atoms with Crippen molar-refractivity contribution < 1.29 is 42.5 Å². The van der Waals surface area contributed by atoms with Crippen molar-refractivity contribution in [1.82, 2.24) is 9.88 Å². The van der Waals surface area contributed by atoms with E-state index in [1.807, 2.05) is 0 Å². The van der Waals surface area contributed by atoms with Gasteiger partial charge < -0.3 is 29.5 Å². The van der Waals surface area contributed by atoms with Crippen molar-refractivity contribution in [3.05, 3.63) is 78.5 Å². The molecule has 1 aromatic heterocycles. The van der Waals surface area contributed by atoms with Crippen LogP contribution in [-0.4, -0.2) is 66.8 Å². The normalized spacial score (nSPS) is 15.0. The lowest BCUT2D eigenvalue weighted by Crippen LogP contribution is -2.60. The number of benzene rings is 3. The minimum atomic E-state index is -1.39. The fourth-order valence-electron chi connectivity index (χ4n) is 4.64. The highest BCUT2D eigenvalue weighted by molar-refractivity contribution is 6.23. The molecular formula is C30H26F2N4O7. The van der Waals surface area contributed by atoms with Crippen LogP contribution in [0.2, 0.25) is 0 Å². The van der Waals surface area contributed by atoms with Gasteiger partial charge in [0, 0.05) is 42.5 Å². The number of aromatic nitrogens is 1. The van der Waals surface area contributed by atoms with E-state index >= 15 is 4.39 Å². The van der Waals surface area contributed by atoms with Crippen molar-refractivity contribution in [1.29, 1.82) is 0 Å². The molecule has 43 heavy (non-hydrogen) atoms. The predicted molar refractivity (Wildman–Crippen MR) is 151 cm³/mol. The summed E-state index contributed by atoms with van der Waals surface area (Å²) in [6.07, 6.45) is 1.50. The Balaban J connectivity index is 1.36. The quantitative estimate of drug-likeness (QED) is 0.275. The van der Waals surface area contributed by atoms with Gasteiger partial charge in [-0.15, -0.1) is 0 Å². The number of aliphatic hydroxyl groups is 1. The summed E-state index contributed by atoms with van der Waals surface area (Å²) in [5, 5.41) is 12.5. The molecule has 0 aliphatic carbocycles. The number of rotatable bonds is 9. The number of nitrogens with one attached hydrogen (secondary N) is 1. The van der Waals surface area contributed by atoms with E-state index in [-0.39, 0.29) is 30.2 Å². The van der Waals surface area contributed by atoms with Gasteiger partial charge in [0.2, 0.25) is 11.8 Å². The highest BCUT2D eigenvalue weighted by Crippen LogP contribution is 2.37. The maximum absolute atomic E-state index is 15.2. The van der Waals surface area contributed by atoms with Crippen LogP contribution in [0, 0.1) is 17.6 Å². The maximum atomic E-state index is 15.2. The molecule has 0 bridgehead atoms. The summed E-state index contributed by atoms with van der Waals surface area (Å²) in [5.41, 5.74) is 0.622. The Kier molecular flexibility index (Phi) is 8.34. The Hall–Kier alpha value is -5.30. The van der Waals surface area contributed by atoms with Crippen LogP contribution in [0.15, 0.2) is 66.9 Å². The monoisotopic (exact) mass is 592 g/mol. The van der Waals surface area contributed by atoms with Crippen LogP contribution in [0.3, 0.4) is 0 Å². The van der Waals surface area contributed by atoms with Gasteiger partial charge in [-0.25, -0.2) is 18.5 Å². The number of ether oxygens (including phenoxy) is 3. The zero-order valence-electron chi connectivity index (χ0n) is 23.0. The number of hydrogen-bond donors (Lipinski definition) is 2. The molecule has 1 fully saturated rings. The van der Waals surface area contributed by atoms with Crippen LogP contribution >= 0.6 is 0 Å². The van der Waals surface area contributed by atoms with Gasteiger partial charge >= 0.3 is 6.03 Å². The minimum absolute atomic E-state index is 0.0348. The van der Waals surface area contributed by atoms with E-state index in [0.717, 1.165) is 28.0 Å². The predicted octanol–water partition coefficient (Wildman–Crippen LogP) is 4.34. The Morgan fingerprint density at radius 1 is 0.977 bits per heavy atom. The summed E-state index contributed by atoms with van der Waals surface area (Å²) in [6.45, 7) is -0.864. The van der Waals surface area contributed by atoms with Crippen LogP contribution < -0.4 is 24.4 Å². The highest BCUT2D eigenvalue weighted by Gasteiger charge is 2.43. The third kappa shape index (κ3) is 5.88. The molecule has 2 N–H and O–H groups in total. The number of amides is 4. The standard InChI is InChI=1S/C30H26F2N4O7/c1-41-26-14-20-23(15-27(26)42-2)33-10-9-24(20)43-25-8-5-18(13-22(25)32)34-28(38)21-16-35(11-12-37)30(40)36(29(21)39)19-6-3-17(31)4-7-19/h3-10,13-15,21,37H,11-12,16H2,1-2H3,(H,34,38).